The highest BCUT2D eigenvalue weighted by atomic mass is 16.5. The Hall–Kier alpha value is -0.740. The van der Waals surface area contributed by atoms with Gasteiger partial charge in [0.25, 0.3) is 0 Å². The van der Waals surface area contributed by atoms with E-state index in [0.717, 1.165) is 0 Å². The van der Waals surface area contributed by atoms with Crippen LogP contribution in [0.3, 0.4) is 0 Å². The second-order valence-electron chi connectivity index (χ2n) is 2.47. The quantitative estimate of drug-likeness (QED) is 0.307. The highest BCUT2D eigenvalue weighted by molar-refractivity contribution is 5.14. The lowest BCUT2D eigenvalue weighted by molar-refractivity contribution is -0.727. The van der Waals surface area contributed by atoms with Crippen molar-refractivity contribution in [2.24, 2.45) is 5.18 Å². The van der Waals surface area contributed by atoms with Crippen LogP contribution in [0.4, 0.5) is 0 Å². The van der Waals surface area contributed by atoms with Gasteiger partial charge in [0.1, 0.15) is 12.2 Å². The van der Waals surface area contributed by atoms with E-state index in [1.165, 1.54) is 0 Å². The van der Waals surface area contributed by atoms with E-state index in [9.17, 15) is 10.1 Å². The molecule has 4 heteroatoms. The Morgan fingerprint density at radius 3 is 2.56 bits per heavy atom. The van der Waals surface area contributed by atoms with E-state index in [1.54, 1.807) is 6.92 Å². The third-order valence-corrected chi connectivity index (χ3v) is 1.75. The number of rotatable bonds is 2. The summed E-state index contributed by atoms with van der Waals surface area (Å²) in [4.78, 5) is 9.84. The minimum absolute atomic E-state index is 0.0621. The third-order valence-electron chi connectivity index (χ3n) is 1.75. The highest BCUT2D eigenvalue weighted by Crippen LogP contribution is 2.17. The maximum absolute atomic E-state index is 10.5. The van der Waals surface area contributed by atoms with Crippen molar-refractivity contribution in [1.29, 1.82) is 0 Å². The molecule has 0 amide bonds. The van der Waals surface area contributed by atoms with Crippen LogP contribution in [-0.4, -0.2) is 12.1 Å². The van der Waals surface area contributed by atoms with E-state index in [-0.39, 0.29) is 10.8 Å². The monoisotopic (exact) mass is 128 g/mol. The molecule has 0 radical (unpaired) electrons. The number of hydroxylamine groups is 2. The van der Waals surface area contributed by atoms with Gasteiger partial charge >= 0.3 is 0 Å². The number of hydrogen-bond acceptors (Lipinski definition) is 3. The fraction of sp³-hybridized carbons (Fsp3) is 0.600. The molecule has 1 fully saturated rings. The second-order valence-corrected chi connectivity index (χ2v) is 2.47. The van der Waals surface area contributed by atoms with Crippen LogP contribution in [0.15, 0.2) is 17.5 Å². The Kier molecular flexibility index (Phi) is 1.15. The Morgan fingerprint density at radius 1 is 2.00 bits per heavy atom. The van der Waals surface area contributed by atoms with Crippen LogP contribution in [0.25, 0.3) is 0 Å². The molecule has 1 aliphatic rings. The van der Waals surface area contributed by atoms with Gasteiger partial charge in [-0.15, -0.1) is 4.91 Å². The van der Waals surface area contributed by atoms with Crippen LogP contribution in [0, 0.1) is 10.1 Å². The predicted octanol–water partition coefficient (Wildman–Crippen LogP) is -0.578. The van der Waals surface area contributed by atoms with E-state index < -0.39 is 5.54 Å². The molecule has 1 heterocycles. The van der Waals surface area contributed by atoms with Crippen LogP contribution in [0.1, 0.15) is 6.92 Å². The maximum Gasteiger partial charge on any atom is 0.190 e. The molecule has 0 saturated carbocycles. The Morgan fingerprint density at radius 2 is 2.44 bits per heavy atom. The van der Waals surface area contributed by atoms with Gasteiger partial charge in [-0.05, 0) is 5.18 Å². The van der Waals surface area contributed by atoms with Crippen molar-refractivity contribution in [3.05, 3.63) is 22.4 Å². The van der Waals surface area contributed by atoms with Crippen LogP contribution >= 0.6 is 0 Å². The lowest BCUT2D eigenvalue weighted by Crippen LogP contribution is -2.91. The van der Waals surface area contributed by atoms with E-state index in [2.05, 4.69) is 11.8 Å². The SMILES string of the molecule is C=C(N=O)[C@@]1(C)C[NH+]1[O-]. The summed E-state index contributed by atoms with van der Waals surface area (Å²) in [5.41, 5.74) is -0.436. The zero-order valence-corrected chi connectivity index (χ0v) is 5.18. The predicted molar refractivity (Wildman–Crippen MR) is 32.5 cm³/mol. The number of nitrogens with zero attached hydrogens (tertiary/aromatic N) is 1. The standard InChI is InChI=1S/C5H8N2O2/c1-4(6-8)5(2)3-7(5)9/h7H,1,3H2,2H3/t5-/m1/s1. The third kappa shape index (κ3) is 0.760. The lowest BCUT2D eigenvalue weighted by atomic mass is 10.1. The average molecular weight is 128 g/mol. The first-order chi connectivity index (χ1) is 4.11. The Balaban J connectivity index is 2.64. The number of quaternary nitrogens is 1. The molecule has 4 nitrogen and oxygen atoms in total. The number of nitrogens with one attached hydrogen (secondary N) is 1. The summed E-state index contributed by atoms with van der Waals surface area (Å²) in [6, 6.07) is 0. The fourth-order valence-corrected chi connectivity index (χ4v) is 0.641. The summed E-state index contributed by atoms with van der Waals surface area (Å²) < 4.78 is 0. The smallest absolute Gasteiger partial charge is 0.190 e. The molecule has 1 aliphatic heterocycles. The fourth-order valence-electron chi connectivity index (χ4n) is 0.641. The highest BCUT2D eigenvalue weighted by Gasteiger charge is 2.52. The molecule has 0 spiro atoms. The van der Waals surface area contributed by atoms with Crippen molar-refractivity contribution >= 4 is 0 Å². The Bertz CT molecular complexity index is 168. The lowest BCUT2D eigenvalue weighted by Gasteiger charge is -2.04. The van der Waals surface area contributed by atoms with E-state index in [4.69, 9.17) is 0 Å². The van der Waals surface area contributed by atoms with Crippen molar-refractivity contribution < 1.29 is 5.06 Å². The summed E-state index contributed by atoms with van der Waals surface area (Å²) in [7, 11) is 0. The van der Waals surface area contributed by atoms with Crippen LogP contribution in [0.5, 0.6) is 0 Å². The summed E-state index contributed by atoms with van der Waals surface area (Å²) in [5, 5.41) is 13.2. The molecule has 2 atom stereocenters. The minimum atomic E-state index is -0.595. The zero-order valence-electron chi connectivity index (χ0n) is 5.18. The van der Waals surface area contributed by atoms with Crippen molar-refractivity contribution in [3.63, 3.8) is 0 Å². The molecule has 0 aliphatic carbocycles. The van der Waals surface area contributed by atoms with E-state index >= 15 is 0 Å². The van der Waals surface area contributed by atoms with Crippen molar-refractivity contribution in [1.82, 2.24) is 0 Å². The Labute approximate surface area is 52.7 Å². The van der Waals surface area contributed by atoms with Gasteiger partial charge in [0.15, 0.2) is 5.54 Å². The van der Waals surface area contributed by atoms with Crippen LogP contribution < -0.4 is 5.06 Å². The minimum Gasteiger partial charge on any atom is -0.633 e. The van der Waals surface area contributed by atoms with Gasteiger partial charge in [-0.1, -0.05) is 6.58 Å². The molecule has 1 N–H and O–H groups in total. The number of hydrogen-bond donors (Lipinski definition) is 1. The summed E-state index contributed by atoms with van der Waals surface area (Å²) in [6.07, 6.45) is 0. The van der Waals surface area contributed by atoms with Gasteiger partial charge in [0, 0.05) is 6.92 Å². The molecule has 1 rings (SSSR count). The molecule has 1 unspecified atom stereocenters. The second kappa shape index (κ2) is 1.62. The van der Waals surface area contributed by atoms with Gasteiger partial charge < -0.3 is 10.3 Å². The van der Waals surface area contributed by atoms with Crippen LogP contribution in [0.2, 0.25) is 0 Å². The molecule has 1 saturated heterocycles. The first-order valence-corrected chi connectivity index (χ1v) is 2.67. The van der Waals surface area contributed by atoms with Gasteiger partial charge in [0.05, 0.1) is 0 Å². The molecule has 0 aromatic carbocycles. The molecule has 0 aromatic rings. The van der Waals surface area contributed by atoms with Crippen molar-refractivity contribution in [3.8, 4) is 0 Å². The van der Waals surface area contributed by atoms with Crippen molar-refractivity contribution in [2.45, 2.75) is 12.5 Å². The molecular formula is C5H8N2O2. The van der Waals surface area contributed by atoms with E-state index in [0.29, 0.717) is 6.54 Å². The average Bonchev–Trinajstić information content (AvgIpc) is 2.41. The molecule has 9 heavy (non-hydrogen) atoms. The molecule has 0 bridgehead atoms. The number of nitroso groups, excluding NO2 is 1. The summed E-state index contributed by atoms with van der Waals surface area (Å²) in [5.74, 6) is 0. The van der Waals surface area contributed by atoms with Crippen molar-refractivity contribution in [2.75, 3.05) is 6.54 Å². The summed E-state index contributed by atoms with van der Waals surface area (Å²) in [6.45, 7) is 5.47. The molecule has 0 aromatic heterocycles. The van der Waals surface area contributed by atoms with Gasteiger partial charge in [-0.25, -0.2) is 0 Å². The molecule has 50 valence electrons. The normalized spacial score (nSPS) is 40.0. The zero-order chi connectivity index (χ0) is 7.07. The maximum atomic E-state index is 10.5. The van der Waals surface area contributed by atoms with Gasteiger partial charge in [-0.3, -0.25) is 0 Å². The van der Waals surface area contributed by atoms with Gasteiger partial charge in [0.2, 0.25) is 0 Å². The van der Waals surface area contributed by atoms with Gasteiger partial charge in [-0.2, -0.15) is 0 Å². The molecular weight excluding hydrogens is 120 g/mol. The largest absolute Gasteiger partial charge is 0.633 e. The first kappa shape index (κ1) is 6.38. The van der Waals surface area contributed by atoms with Crippen LogP contribution in [-0.2, 0) is 0 Å². The summed E-state index contributed by atoms with van der Waals surface area (Å²) >= 11 is 0. The topological polar surface area (TPSA) is 56.9 Å². The first-order valence-electron chi connectivity index (χ1n) is 2.67. The van der Waals surface area contributed by atoms with E-state index in [1.807, 2.05) is 0 Å².